The fourth-order valence-electron chi connectivity index (χ4n) is 1.75. The monoisotopic (exact) mass is 275 g/mol. The summed E-state index contributed by atoms with van der Waals surface area (Å²) in [4.78, 5) is 13.3. The quantitative estimate of drug-likeness (QED) is 0.912. The number of benzene rings is 2. The van der Waals surface area contributed by atoms with Gasteiger partial charge >= 0.3 is 0 Å². The van der Waals surface area contributed by atoms with Crippen molar-refractivity contribution >= 4 is 17.5 Å². The number of phenolic OH excluding ortho intramolecular Hbond substituents is 1. The molecule has 0 aromatic heterocycles. The summed E-state index contributed by atoms with van der Waals surface area (Å²) in [5.41, 5.74) is 2.47. The Morgan fingerprint density at radius 2 is 1.63 bits per heavy atom. The van der Waals surface area contributed by atoms with Crippen LogP contribution in [0.3, 0.4) is 0 Å². The fraction of sp³-hybridized carbons (Fsp3) is 0.133. The lowest BCUT2D eigenvalue weighted by Crippen LogP contribution is -2.21. The zero-order valence-electron chi connectivity index (χ0n) is 10.7. The first kappa shape index (κ1) is 13.4. The van der Waals surface area contributed by atoms with Crippen molar-refractivity contribution in [1.29, 1.82) is 0 Å². The number of carbonyl (C=O) groups is 1. The minimum absolute atomic E-state index is 0.0321. The molecule has 2 rings (SSSR count). The van der Waals surface area contributed by atoms with Crippen LogP contribution in [0.1, 0.15) is 10.4 Å². The highest BCUT2D eigenvalue weighted by Gasteiger charge is 2.08. The molecule has 0 saturated carbocycles. The van der Waals surface area contributed by atoms with Gasteiger partial charge in [-0.2, -0.15) is 0 Å². The average molecular weight is 276 g/mol. The minimum atomic E-state index is -0.0321. The molecule has 3 nitrogen and oxygen atoms in total. The number of rotatable bonds is 2. The lowest BCUT2D eigenvalue weighted by atomic mass is 10.0. The summed E-state index contributed by atoms with van der Waals surface area (Å²) >= 11 is 5.88. The number of nitrogens with zero attached hydrogens (tertiary/aromatic N) is 1. The summed E-state index contributed by atoms with van der Waals surface area (Å²) in [5, 5.41) is 9.70. The van der Waals surface area contributed by atoms with Gasteiger partial charge in [-0.05, 0) is 35.4 Å². The molecular weight excluding hydrogens is 262 g/mol. The lowest BCUT2D eigenvalue weighted by Gasteiger charge is -2.10. The molecule has 0 atom stereocenters. The molecule has 0 aliphatic carbocycles. The Kier molecular flexibility index (Phi) is 3.76. The molecular formula is C15H14ClNO2. The number of amides is 1. The van der Waals surface area contributed by atoms with Crippen molar-refractivity contribution in [2.75, 3.05) is 14.1 Å². The van der Waals surface area contributed by atoms with Gasteiger partial charge < -0.3 is 10.0 Å². The van der Waals surface area contributed by atoms with Crippen LogP contribution in [0, 0.1) is 0 Å². The van der Waals surface area contributed by atoms with Gasteiger partial charge in [-0.25, -0.2) is 0 Å². The van der Waals surface area contributed by atoms with Gasteiger partial charge in [0, 0.05) is 19.7 Å². The third-order valence-electron chi connectivity index (χ3n) is 2.82. The number of hydrogen-bond acceptors (Lipinski definition) is 2. The van der Waals surface area contributed by atoms with Crippen LogP contribution in [0.4, 0.5) is 0 Å². The van der Waals surface area contributed by atoms with Crippen LogP contribution in [0.5, 0.6) is 5.75 Å². The largest absolute Gasteiger partial charge is 0.506 e. The second-order valence-electron chi connectivity index (χ2n) is 4.44. The van der Waals surface area contributed by atoms with E-state index in [4.69, 9.17) is 11.6 Å². The number of phenols is 1. The Hall–Kier alpha value is -2.00. The zero-order chi connectivity index (χ0) is 14.0. The standard InChI is InChI=1S/C15H14ClNO2/c1-17(2)15(19)11-5-3-10(4-6-11)12-7-8-14(18)13(16)9-12/h3-9,18H,1-2H3. The number of hydrogen-bond donors (Lipinski definition) is 1. The van der Waals surface area contributed by atoms with Crippen LogP contribution in [-0.4, -0.2) is 30.0 Å². The van der Waals surface area contributed by atoms with Gasteiger partial charge in [-0.15, -0.1) is 0 Å². The molecule has 0 heterocycles. The predicted octanol–water partition coefficient (Wildman–Crippen LogP) is 3.41. The second kappa shape index (κ2) is 5.33. The highest BCUT2D eigenvalue weighted by Crippen LogP contribution is 2.29. The summed E-state index contributed by atoms with van der Waals surface area (Å²) < 4.78 is 0. The maximum absolute atomic E-state index is 11.8. The topological polar surface area (TPSA) is 40.5 Å². The van der Waals surface area contributed by atoms with Crippen molar-refractivity contribution < 1.29 is 9.90 Å². The molecule has 4 heteroatoms. The van der Waals surface area contributed by atoms with E-state index in [9.17, 15) is 9.90 Å². The van der Waals surface area contributed by atoms with Gasteiger partial charge in [-0.3, -0.25) is 4.79 Å². The Morgan fingerprint density at radius 3 is 2.16 bits per heavy atom. The van der Waals surface area contributed by atoms with Crippen molar-refractivity contribution in [3.05, 3.63) is 53.1 Å². The van der Waals surface area contributed by atoms with Crippen LogP contribution in [0.25, 0.3) is 11.1 Å². The summed E-state index contributed by atoms with van der Waals surface area (Å²) in [6.45, 7) is 0. The van der Waals surface area contributed by atoms with E-state index in [0.717, 1.165) is 11.1 Å². The van der Waals surface area contributed by atoms with E-state index < -0.39 is 0 Å². The van der Waals surface area contributed by atoms with Gasteiger partial charge in [0.1, 0.15) is 5.75 Å². The zero-order valence-corrected chi connectivity index (χ0v) is 11.5. The smallest absolute Gasteiger partial charge is 0.253 e. The van der Waals surface area contributed by atoms with E-state index in [1.54, 1.807) is 44.4 Å². The summed E-state index contributed by atoms with van der Waals surface area (Å²) in [5.74, 6) is 0.0279. The Bertz CT molecular complexity index is 606. The van der Waals surface area contributed by atoms with Crippen LogP contribution in [-0.2, 0) is 0 Å². The van der Waals surface area contributed by atoms with Crippen molar-refractivity contribution in [3.63, 3.8) is 0 Å². The van der Waals surface area contributed by atoms with E-state index >= 15 is 0 Å². The van der Waals surface area contributed by atoms with Crippen molar-refractivity contribution in [2.45, 2.75) is 0 Å². The van der Waals surface area contributed by atoms with Gasteiger partial charge in [0.25, 0.3) is 5.91 Å². The lowest BCUT2D eigenvalue weighted by molar-refractivity contribution is 0.0827. The average Bonchev–Trinajstić information content (AvgIpc) is 2.41. The van der Waals surface area contributed by atoms with E-state index in [1.807, 2.05) is 12.1 Å². The minimum Gasteiger partial charge on any atom is -0.506 e. The van der Waals surface area contributed by atoms with Crippen molar-refractivity contribution in [1.82, 2.24) is 4.90 Å². The third kappa shape index (κ3) is 2.88. The molecule has 0 bridgehead atoms. The maximum atomic E-state index is 11.8. The highest BCUT2D eigenvalue weighted by molar-refractivity contribution is 6.32. The number of halogens is 1. The van der Waals surface area contributed by atoms with Gasteiger partial charge in [0.05, 0.1) is 5.02 Å². The maximum Gasteiger partial charge on any atom is 0.253 e. The third-order valence-corrected chi connectivity index (χ3v) is 3.12. The van der Waals surface area contributed by atoms with Crippen molar-refractivity contribution in [2.24, 2.45) is 0 Å². The Labute approximate surface area is 117 Å². The molecule has 0 fully saturated rings. The molecule has 0 spiro atoms. The molecule has 0 saturated heterocycles. The molecule has 2 aromatic rings. The highest BCUT2D eigenvalue weighted by atomic mass is 35.5. The van der Waals surface area contributed by atoms with Crippen LogP contribution in [0.2, 0.25) is 5.02 Å². The van der Waals surface area contributed by atoms with Crippen LogP contribution in [0.15, 0.2) is 42.5 Å². The first-order valence-corrected chi connectivity index (χ1v) is 6.17. The summed E-state index contributed by atoms with van der Waals surface area (Å²) in [6.07, 6.45) is 0. The van der Waals surface area contributed by atoms with E-state index in [-0.39, 0.29) is 11.7 Å². The van der Waals surface area contributed by atoms with Gasteiger partial charge in [0.15, 0.2) is 0 Å². The normalized spacial score (nSPS) is 10.3. The van der Waals surface area contributed by atoms with Crippen molar-refractivity contribution in [3.8, 4) is 16.9 Å². The first-order chi connectivity index (χ1) is 8.99. The molecule has 2 aromatic carbocycles. The van der Waals surface area contributed by atoms with Crippen LogP contribution >= 0.6 is 11.6 Å². The van der Waals surface area contributed by atoms with Gasteiger partial charge in [0.2, 0.25) is 0 Å². The molecule has 0 aliphatic heterocycles. The van der Waals surface area contributed by atoms with Crippen LogP contribution < -0.4 is 0 Å². The van der Waals surface area contributed by atoms with E-state index in [2.05, 4.69) is 0 Å². The second-order valence-corrected chi connectivity index (χ2v) is 4.85. The molecule has 0 radical (unpaired) electrons. The first-order valence-electron chi connectivity index (χ1n) is 5.79. The SMILES string of the molecule is CN(C)C(=O)c1ccc(-c2ccc(O)c(Cl)c2)cc1. The molecule has 0 unspecified atom stereocenters. The molecule has 98 valence electrons. The summed E-state index contributed by atoms with van der Waals surface area (Å²) in [7, 11) is 3.44. The van der Waals surface area contributed by atoms with E-state index in [0.29, 0.717) is 10.6 Å². The number of carbonyl (C=O) groups excluding carboxylic acids is 1. The number of aromatic hydroxyl groups is 1. The Morgan fingerprint density at radius 1 is 1.05 bits per heavy atom. The fourth-order valence-corrected chi connectivity index (χ4v) is 1.93. The molecule has 0 aliphatic rings. The molecule has 1 amide bonds. The molecule has 19 heavy (non-hydrogen) atoms. The Balaban J connectivity index is 2.32. The van der Waals surface area contributed by atoms with Gasteiger partial charge in [-0.1, -0.05) is 29.8 Å². The van der Waals surface area contributed by atoms with E-state index in [1.165, 1.54) is 4.90 Å². The predicted molar refractivity (Wildman–Crippen MR) is 76.6 cm³/mol. The summed E-state index contributed by atoms with van der Waals surface area (Å²) in [6, 6.07) is 12.3. The molecule has 1 N–H and O–H groups in total.